The van der Waals surface area contributed by atoms with Crippen molar-refractivity contribution in [2.24, 2.45) is 5.92 Å². The Morgan fingerprint density at radius 1 is 0.857 bits per heavy atom. The zero-order valence-electron chi connectivity index (χ0n) is 27.6. The van der Waals surface area contributed by atoms with Gasteiger partial charge in [0, 0.05) is 18.0 Å². The molecule has 232 valence electrons. The van der Waals surface area contributed by atoms with E-state index in [-0.39, 0.29) is 24.3 Å². The lowest BCUT2D eigenvalue weighted by atomic mass is 9.91. The van der Waals surface area contributed by atoms with E-state index >= 15 is 0 Å². The zero-order valence-corrected chi connectivity index (χ0v) is 27.6. The molecule has 0 aromatic heterocycles. The van der Waals surface area contributed by atoms with Crippen molar-refractivity contribution in [1.82, 2.24) is 15.5 Å². The fourth-order valence-corrected chi connectivity index (χ4v) is 4.92. The first-order valence-corrected chi connectivity index (χ1v) is 15.1. The van der Waals surface area contributed by atoms with Crippen LogP contribution in [-0.2, 0) is 20.7 Å². The van der Waals surface area contributed by atoms with Gasteiger partial charge in [0.25, 0.3) is 0 Å². The van der Waals surface area contributed by atoms with Crippen LogP contribution in [0.2, 0.25) is 0 Å². The molecule has 0 aliphatic carbocycles. The van der Waals surface area contributed by atoms with Crippen LogP contribution < -0.4 is 10.6 Å². The SMILES string of the molecule is Cc1cccc(C(C(=O)NC(C)(C)C)N(C(=O)C(Cc2ccccc2)NC(=O)OC(C)(C)C)C(C)CCC(C)C)c1C. The number of carbonyl (C=O) groups excluding carboxylic acids is 3. The highest BCUT2D eigenvalue weighted by molar-refractivity contribution is 5.93. The average Bonchev–Trinajstić information content (AvgIpc) is 2.85. The third-order valence-electron chi connectivity index (χ3n) is 7.13. The van der Waals surface area contributed by atoms with Crippen LogP contribution in [0.25, 0.3) is 0 Å². The molecule has 3 atom stereocenters. The van der Waals surface area contributed by atoms with Gasteiger partial charge in [-0.1, -0.05) is 62.4 Å². The standard InChI is InChI=1S/C35H53N3O4/c1-23(2)20-21-25(4)38(30(31(39)37-34(6,7)8)28-19-15-16-24(3)26(28)5)32(40)29(22-27-17-13-12-14-18-27)36-33(41)42-35(9,10)11/h12-19,23,25,29-30H,20-22H2,1-11H3,(H,36,41)(H,37,39). The van der Waals surface area contributed by atoms with Gasteiger partial charge in [-0.3, -0.25) is 9.59 Å². The van der Waals surface area contributed by atoms with E-state index in [9.17, 15) is 14.4 Å². The molecule has 7 heteroatoms. The number of nitrogens with zero attached hydrogens (tertiary/aromatic N) is 1. The second-order valence-electron chi connectivity index (χ2n) is 13.9. The normalized spacial score (nSPS) is 14.1. The van der Waals surface area contributed by atoms with Crippen LogP contribution in [0.5, 0.6) is 0 Å². The number of benzene rings is 2. The number of ether oxygens (including phenoxy) is 1. The van der Waals surface area contributed by atoms with Crippen LogP contribution in [0.4, 0.5) is 4.79 Å². The Morgan fingerprint density at radius 2 is 1.48 bits per heavy atom. The molecule has 3 unspecified atom stereocenters. The maximum Gasteiger partial charge on any atom is 0.408 e. The van der Waals surface area contributed by atoms with Crippen LogP contribution in [0.1, 0.15) is 103 Å². The van der Waals surface area contributed by atoms with Gasteiger partial charge >= 0.3 is 6.09 Å². The molecule has 2 aromatic rings. The molecular formula is C35H53N3O4. The van der Waals surface area contributed by atoms with Crippen molar-refractivity contribution in [3.63, 3.8) is 0 Å². The molecule has 2 N–H and O–H groups in total. The third kappa shape index (κ3) is 10.8. The lowest BCUT2D eigenvalue weighted by molar-refractivity contribution is -0.145. The van der Waals surface area contributed by atoms with Gasteiger partial charge in [-0.15, -0.1) is 0 Å². The third-order valence-corrected chi connectivity index (χ3v) is 7.13. The number of nitrogens with one attached hydrogen (secondary N) is 2. The van der Waals surface area contributed by atoms with Crippen molar-refractivity contribution in [3.05, 3.63) is 70.8 Å². The van der Waals surface area contributed by atoms with Crippen LogP contribution in [0, 0.1) is 19.8 Å². The Kier molecular flexibility index (Phi) is 12.2. The van der Waals surface area contributed by atoms with E-state index in [1.807, 2.05) is 90.1 Å². The smallest absolute Gasteiger partial charge is 0.408 e. The summed E-state index contributed by atoms with van der Waals surface area (Å²) in [4.78, 5) is 43.7. The number of hydrogen-bond donors (Lipinski definition) is 2. The lowest BCUT2D eigenvalue weighted by Crippen LogP contribution is -2.57. The molecular weight excluding hydrogens is 526 g/mol. The van der Waals surface area contributed by atoms with Crippen molar-refractivity contribution >= 4 is 17.9 Å². The second kappa shape index (κ2) is 14.7. The monoisotopic (exact) mass is 579 g/mol. The quantitative estimate of drug-likeness (QED) is 0.299. The van der Waals surface area contributed by atoms with Crippen molar-refractivity contribution in [1.29, 1.82) is 0 Å². The van der Waals surface area contributed by atoms with E-state index in [2.05, 4.69) is 24.5 Å². The summed E-state index contributed by atoms with van der Waals surface area (Å²) in [6.45, 7) is 21.4. The highest BCUT2D eigenvalue weighted by Crippen LogP contribution is 2.31. The predicted molar refractivity (Wildman–Crippen MR) is 170 cm³/mol. The minimum absolute atomic E-state index is 0.253. The van der Waals surface area contributed by atoms with Crippen molar-refractivity contribution in [3.8, 4) is 0 Å². The van der Waals surface area contributed by atoms with Gasteiger partial charge in [-0.25, -0.2) is 4.79 Å². The minimum atomic E-state index is -0.946. The summed E-state index contributed by atoms with van der Waals surface area (Å²) in [6.07, 6.45) is 1.17. The summed E-state index contributed by atoms with van der Waals surface area (Å²) in [5.74, 6) is -0.153. The summed E-state index contributed by atoms with van der Waals surface area (Å²) in [7, 11) is 0. The molecule has 0 aliphatic rings. The predicted octanol–water partition coefficient (Wildman–Crippen LogP) is 7.05. The van der Waals surface area contributed by atoms with Gasteiger partial charge in [0.15, 0.2) is 0 Å². The molecule has 0 radical (unpaired) electrons. The number of carbonyl (C=O) groups is 3. The first-order valence-electron chi connectivity index (χ1n) is 15.1. The van der Waals surface area contributed by atoms with Crippen LogP contribution in [-0.4, -0.2) is 46.0 Å². The topological polar surface area (TPSA) is 87.7 Å². The molecule has 0 saturated carbocycles. The van der Waals surface area contributed by atoms with Gasteiger partial charge in [0.1, 0.15) is 17.7 Å². The Hall–Kier alpha value is -3.35. The summed E-state index contributed by atoms with van der Waals surface area (Å²) in [5, 5.41) is 5.99. The van der Waals surface area contributed by atoms with E-state index in [1.54, 1.807) is 25.7 Å². The molecule has 7 nitrogen and oxygen atoms in total. The second-order valence-corrected chi connectivity index (χ2v) is 13.9. The van der Waals surface area contributed by atoms with E-state index in [0.717, 1.165) is 28.7 Å². The van der Waals surface area contributed by atoms with Gasteiger partial charge in [0.05, 0.1) is 0 Å². The van der Waals surface area contributed by atoms with E-state index in [1.165, 1.54) is 0 Å². The minimum Gasteiger partial charge on any atom is -0.444 e. The maximum absolute atomic E-state index is 14.8. The van der Waals surface area contributed by atoms with Gasteiger partial charge in [-0.05, 0) is 103 Å². The number of rotatable bonds is 11. The van der Waals surface area contributed by atoms with Crippen molar-refractivity contribution in [2.45, 2.75) is 125 Å². The highest BCUT2D eigenvalue weighted by atomic mass is 16.6. The fraction of sp³-hybridized carbons (Fsp3) is 0.571. The van der Waals surface area contributed by atoms with Crippen LogP contribution >= 0.6 is 0 Å². The molecule has 0 aliphatic heterocycles. The van der Waals surface area contributed by atoms with Gasteiger partial charge < -0.3 is 20.3 Å². The molecule has 3 amide bonds. The van der Waals surface area contributed by atoms with Crippen LogP contribution in [0.15, 0.2) is 48.5 Å². The fourth-order valence-electron chi connectivity index (χ4n) is 4.92. The largest absolute Gasteiger partial charge is 0.444 e. The van der Waals surface area contributed by atoms with Gasteiger partial charge in [0.2, 0.25) is 11.8 Å². The Labute approximate surface area is 253 Å². The lowest BCUT2D eigenvalue weighted by Gasteiger charge is -2.40. The summed E-state index contributed by atoms with van der Waals surface area (Å²) in [5.41, 5.74) is 2.42. The first-order chi connectivity index (χ1) is 19.4. The molecule has 0 saturated heterocycles. The summed E-state index contributed by atoms with van der Waals surface area (Å²) < 4.78 is 5.57. The number of hydrogen-bond acceptors (Lipinski definition) is 4. The average molecular weight is 580 g/mol. The van der Waals surface area contributed by atoms with Gasteiger partial charge in [-0.2, -0.15) is 0 Å². The molecule has 0 heterocycles. The Morgan fingerprint density at radius 3 is 2.02 bits per heavy atom. The molecule has 42 heavy (non-hydrogen) atoms. The van der Waals surface area contributed by atoms with Crippen LogP contribution in [0.3, 0.4) is 0 Å². The molecule has 0 fully saturated rings. The highest BCUT2D eigenvalue weighted by Gasteiger charge is 2.40. The summed E-state index contributed by atoms with van der Waals surface area (Å²) in [6, 6.07) is 13.3. The zero-order chi connectivity index (χ0) is 31.8. The molecule has 2 aromatic carbocycles. The maximum atomic E-state index is 14.8. The Balaban J connectivity index is 2.72. The molecule has 0 bridgehead atoms. The van der Waals surface area contributed by atoms with Crippen molar-refractivity contribution in [2.75, 3.05) is 0 Å². The number of amides is 3. The number of alkyl carbamates (subject to hydrolysis) is 1. The summed E-state index contributed by atoms with van der Waals surface area (Å²) >= 11 is 0. The van der Waals surface area contributed by atoms with E-state index in [0.29, 0.717) is 12.3 Å². The van der Waals surface area contributed by atoms with Crippen molar-refractivity contribution < 1.29 is 19.1 Å². The van der Waals surface area contributed by atoms with E-state index in [4.69, 9.17) is 4.74 Å². The Bertz CT molecular complexity index is 1190. The van der Waals surface area contributed by atoms with E-state index < -0.39 is 29.3 Å². The molecule has 2 rings (SSSR count). The molecule has 0 spiro atoms. The number of aryl methyl sites for hydroxylation is 1. The first kappa shape index (κ1) is 34.8.